The third-order valence-corrected chi connectivity index (χ3v) is 2.05. The molecule has 0 saturated carbocycles. The van der Waals surface area contributed by atoms with Crippen LogP contribution in [0.5, 0.6) is 0 Å². The lowest BCUT2D eigenvalue weighted by atomic mass is 10.1. The molecule has 0 spiro atoms. The van der Waals surface area contributed by atoms with E-state index in [2.05, 4.69) is 4.99 Å². The maximum atomic E-state index is 12.2. The van der Waals surface area contributed by atoms with Crippen molar-refractivity contribution in [2.75, 3.05) is 0 Å². The number of hydrogen-bond donors (Lipinski definition) is 0. The number of hydrogen-bond acceptors (Lipinski definition) is 1. The SMILES string of the molecule is CC(=N[C@H](C)C(F)(F)F)c1ccccc1. The fraction of sp³-hybridized carbons (Fsp3) is 0.364. The van der Waals surface area contributed by atoms with Crippen molar-refractivity contribution in [2.45, 2.75) is 26.1 Å². The van der Waals surface area contributed by atoms with Crippen LogP contribution in [-0.2, 0) is 0 Å². The van der Waals surface area contributed by atoms with E-state index < -0.39 is 12.2 Å². The lowest BCUT2D eigenvalue weighted by Crippen LogP contribution is -2.24. The van der Waals surface area contributed by atoms with E-state index in [4.69, 9.17) is 0 Å². The molecule has 0 N–H and O–H groups in total. The van der Waals surface area contributed by atoms with Gasteiger partial charge >= 0.3 is 6.18 Å². The zero-order valence-corrected chi connectivity index (χ0v) is 8.55. The van der Waals surface area contributed by atoms with Gasteiger partial charge in [0.15, 0.2) is 0 Å². The highest BCUT2D eigenvalue weighted by Crippen LogP contribution is 2.22. The first-order valence-corrected chi connectivity index (χ1v) is 4.58. The molecule has 0 saturated heterocycles. The zero-order chi connectivity index (χ0) is 11.5. The van der Waals surface area contributed by atoms with Gasteiger partial charge in [0, 0.05) is 5.71 Å². The molecule has 15 heavy (non-hydrogen) atoms. The van der Waals surface area contributed by atoms with Crippen LogP contribution in [0.15, 0.2) is 35.3 Å². The molecule has 1 atom stereocenters. The predicted octanol–water partition coefficient (Wildman–Crippen LogP) is 3.45. The van der Waals surface area contributed by atoms with Gasteiger partial charge in [-0.25, -0.2) is 0 Å². The normalized spacial score (nSPS) is 15.1. The second-order valence-electron chi connectivity index (χ2n) is 3.30. The Balaban J connectivity index is 2.86. The second-order valence-corrected chi connectivity index (χ2v) is 3.30. The van der Waals surface area contributed by atoms with E-state index in [9.17, 15) is 13.2 Å². The van der Waals surface area contributed by atoms with E-state index in [-0.39, 0.29) is 0 Å². The molecule has 0 aliphatic carbocycles. The summed E-state index contributed by atoms with van der Waals surface area (Å²) >= 11 is 0. The summed E-state index contributed by atoms with van der Waals surface area (Å²) in [5.41, 5.74) is 1.12. The summed E-state index contributed by atoms with van der Waals surface area (Å²) in [6.45, 7) is 2.63. The maximum Gasteiger partial charge on any atom is 0.410 e. The third-order valence-electron chi connectivity index (χ3n) is 2.05. The van der Waals surface area contributed by atoms with E-state index in [1.807, 2.05) is 6.07 Å². The molecular formula is C11H12F3N. The van der Waals surface area contributed by atoms with Crippen molar-refractivity contribution in [3.05, 3.63) is 35.9 Å². The molecule has 0 heterocycles. The minimum Gasteiger partial charge on any atom is -0.277 e. The monoisotopic (exact) mass is 215 g/mol. The summed E-state index contributed by atoms with van der Waals surface area (Å²) in [4.78, 5) is 3.61. The van der Waals surface area contributed by atoms with E-state index in [0.29, 0.717) is 11.3 Å². The largest absolute Gasteiger partial charge is 0.410 e. The Morgan fingerprint density at radius 1 is 1.20 bits per heavy atom. The van der Waals surface area contributed by atoms with Crippen LogP contribution in [0.1, 0.15) is 19.4 Å². The van der Waals surface area contributed by atoms with Crippen molar-refractivity contribution in [1.82, 2.24) is 0 Å². The van der Waals surface area contributed by atoms with E-state index in [1.165, 1.54) is 0 Å². The van der Waals surface area contributed by atoms with E-state index in [1.54, 1.807) is 31.2 Å². The molecule has 1 nitrogen and oxygen atoms in total. The van der Waals surface area contributed by atoms with Gasteiger partial charge in [0.1, 0.15) is 6.04 Å². The fourth-order valence-electron chi connectivity index (χ4n) is 1.12. The molecule has 0 aromatic heterocycles. The third kappa shape index (κ3) is 3.38. The summed E-state index contributed by atoms with van der Waals surface area (Å²) in [5.74, 6) is 0. The highest BCUT2D eigenvalue weighted by molar-refractivity contribution is 5.98. The fourth-order valence-corrected chi connectivity index (χ4v) is 1.12. The predicted molar refractivity (Wildman–Crippen MR) is 54.2 cm³/mol. The van der Waals surface area contributed by atoms with Gasteiger partial charge in [0.05, 0.1) is 0 Å². The first-order chi connectivity index (χ1) is 6.91. The second kappa shape index (κ2) is 4.47. The van der Waals surface area contributed by atoms with Crippen molar-refractivity contribution in [2.24, 2.45) is 4.99 Å². The Labute approximate surface area is 86.6 Å². The van der Waals surface area contributed by atoms with Gasteiger partial charge in [-0.1, -0.05) is 30.3 Å². The van der Waals surface area contributed by atoms with Crippen LogP contribution in [0.4, 0.5) is 13.2 Å². The maximum absolute atomic E-state index is 12.2. The number of alkyl halides is 3. The molecule has 0 fully saturated rings. The summed E-state index contributed by atoms with van der Waals surface area (Å²) in [6, 6.07) is 7.17. The molecule has 1 aromatic carbocycles. The highest BCUT2D eigenvalue weighted by atomic mass is 19.4. The first kappa shape index (κ1) is 11.8. The smallest absolute Gasteiger partial charge is 0.277 e. The number of rotatable bonds is 2. The van der Waals surface area contributed by atoms with Gasteiger partial charge in [-0.3, -0.25) is 4.99 Å². The van der Waals surface area contributed by atoms with Gasteiger partial charge in [0.25, 0.3) is 0 Å². The lowest BCUT2D eigenvalue weighted by Gasteiger charge is -2.12. The molecule has 0 unspecified atom stereocenters. The molecule has 4 heteroatoms. The minimum absolute atomic E-state index is 0.403. The average Bonchev–Trinajstić information content (AvgIpc) is 2.17. The summed E-state index contributed by atoms with van der Waals surface area (Å²) in [7, 11) is 0. The summed E-state index contributed by atoms with van der Waals surface area (Å²) < 4.78 is 36.7. The summed E-state index contributed by atoms with van der Waals surface area (Å²) in [6.07, 6.45) is -4.27. The Morgan fingerprint density at radius 2 is 1.73 bits per heavy atom. The average molecular weight is 215 g/mol. The van der Waals surface area contributed by atoms with Crippen LogP contribution < -0.4 is 0 Å². The van der Waals surface area contributed by atoms with E-state index >= 15 is 0 Å². The molecule has 82 valence electrons. The highest BCUT2D eigenvalue weighted by Gasteiger charge is 2.35. The molecule has 0 aliphatic heterocycles. The number of benzene rings is 1. The lowest BCUT2D eigenvalue weighted by molar-refractivity contribution is -0.142. The zero-order valence-electron chi connectivity index (χ0n) is 8.55. The molecule has 0 radical (unpaired) electrons. The van der Waals surface area contributed by atoms with Crippen LogP contribution in [-0.4, -0.2) is 17.9 Å². The van der Waals surface area contributed by atoms with Crippen molar-refractivity contribution in [3.63, 3.8) is 0 Å². The summed E-state index contributed by atoms with van der Waals surface area (Å²) in [5, 5.41) is 0. The molecule has 0 amide bonds. The van der Waals surface area contributed by atoms with Gasteiger partial charge in [-0.15, -0.1) is 0 Å². The van der Waals surface area contributed by atoms with Crippen LogP contribution in [0.2, 0.25) is 0 Å². The van der Waals surface area contributed by atoms with Gasteiger partial charge in [0.2, 0.25) is 0 Å². The standard InChI is InChI=1S/C11H12F3N/c1-8(10-6-4-3-5-7-10)15-9(2)11(12,13)14/h3-7,9H,1-2H3/t9-/m1/s1. The quantitative estimate of drug-likeness (QED) is 0.670. The van der Waals surface area contributed by atoms with Crippen LogP contribution in [0.25, 0.3) is 0 Å². The Bertz CT molecular complexity index is 341. The number of aliphatic imine (C=N–C) groups is 1. The molecule has 0 aliphatic rings. The van der Waals surface area contributed by atoms with Crippen LogP contribution in [0.3, 0.4) is 0 Å². The Kier molecular flexibility index (Phi) is 3.50. The van der Waals surface area contributed by atoms with Crippen molar-refractivity contribution < 1.29 is 13.2 Å². The van der Waals surface area contributed by atoms with E-state index in [0.717, 1.165) is 6.92 Å². The number of halogens is 3. The molecular weight excluding hydrogens is 203 g/mol. The minimum atomic E-state index is -4.27. The van der Waals surface area contributed by atoms with Gasteiger partial charge in [-0.05, 0) is 19.4 Å². The van der Waals surface area contributed by atoms with Crippen molar-refractivity contribution in [1.29, 1.82) is 0 Å². The van der Waals surface area contributed by atoms with Crippen molar-refractivity contribution >= 4 is 5.71 Å². The number of nitrogens with zero attached hydrogens (tertiary/aromatic N) is 1. The van der Waals surface area contributed by atoms with Crippen LogP contribution in [0, 0.1) is 0 Å². The molecule has 1 aromatic rings. The topological polar surface area (TPSA) is 12.4 Å². The van der Waals surface area contributed by atoms with Crippen LogP contribution >= 0.6 is 0 Å². The van der Waals surface area contributed by atoms with Crippen molar-refractivity contribution in [3.8, 4) is 0 Å². The molecule has 0 bridgehead atoms. The molecule has 1 rings (SSSR count). The Morgan fingerprint density at radius 3 is 2.20 bits per heavy atom. The first-order valence-electron chi connectivity index (χ1n) is 4.58. The van der Waals surface area contributed by atoms with Gasteiger partial charge in [-0.2, -0.15) is 13.2 Å². The van der Waals surface area contributed by atoms with Gasteiger partial charge < -0.3 is 0 Å². The Hall–Kier alpha value is -1.32.